The third kappa shape index (κ3) is 3.70. The molecule has 0 bridgehead atoms. The van der Waals surface area contributed by atoms with Gasteiger partial charge in [-0.2, -0.15) is 0 Å². The van der Waals surface area contributed by atoms with Crippen LogP contribution in [0.25, 0.3) is 0 Å². The Hall–Kier alpha value is -1.68. The van der Waals surface area contributed by atoms with Gasteiger partial charge in [0.2, 0.25) is 0 Å². The molecule has 0 aliphatic heterocycles. The van der Waals surface area contributed by atoms with Gasteiger partial charge < -0.3 is 5.11 Å². The molecule has 0 aliphatic carbocycles. The van der Waals surface area contributed by atoms with Crippen molar-refractivity contribution in [2.24, 2.45) is 0 Å². The summed E-state index contributed by atoms with van der Waals surface area (Å²) in [7, 11) is -3.91. The minimum Gasteiger partial charge on any atom is -0.508 e. The van der Waals surface area contributed by atoms with E-state index in [4.69, 9.17) is 11.6 Å². The van der Waals surface area contributed by atoms with Gasteiger partial charge >= 0.3 is 0 Å². The SMILES string of the molecule is O=[N+]([O-])c1cc(S(=O)(=O)NCc2cccc(O)c2)sc1Cl. The van der Waals surface area contributed by atoms with Crippen molar-refractivity contribution >= 4 is 38.6 Å². The molecule has 1 heterocycles. The first kappa shape index (κ1) is 15.7. The quantitative estimate of drug-likeness (QED) is 0.637. The Morgan fingerprint density at radius 1 is 1.38 bits per heavy atom. The van der Waals surface area contributed by atoms with Crippen molar-refractivity contribution in [1.29, 1.82) is 0 Å². The number of hydrogen-bond donors (Lipinski definition) is 2. The molecule has 0 atom stereocenters. The van der Waals surface area contributed by atoms with Gasteiger partial charge in [-0.25, -0.2) is 13.1 Å². The minimum atomic E-state index is -3.91. The van der Waals surface area contributed by atoms with Gasteiger partial charge in [0.05, 0.1) is 4.92 Å². The van der Waals surface area contributed by atoms with Crippen molar-refractivity contribution < 1.29 is 18.4 Å². The Bertz CT molecular complexity index is 788. The number of nitrogens with one attached hydrogen (secondary N) is 1. The van der Waals surface area contributed by atoms with Gasteiger partial charge in [0.25, 0.3) is 15.7 Å². The summed E-state index contributed by atoms with van der Waals surface area (Å²) >= 11 is 6.25. The van der Waals surface area contributed by atoms with Crippen molar-refractivity contribution in [3.63, 3.8) is 0 Å². The van der Waals surface area contributed by atoms with Crippen molar-refractivity contribution in [3.05, 3.63) is 50.3 Å². The third-order valence-corrected chi connectivity index (χ3v) is 5.70. The monoisotopic (exact) mass is 348 g/mol. The number of sulfonamides is 1. The van der Waals surface area contributed by atoms with E-state index in [2.05, 4.69) is 4.72 Å². The molecule has 0 spiro atoms. The average Bonchev–Trinajstić information content (AvgIpc) is 2.80. The Balaban J connectivity index is 2.19. The number of nitro groups is 1. The maximum atomic E-state index is 12.0. The second-order valence-electron chi connectivity index (χ2n) is 3.98. The van der Waals surface area contributed by atoms with E-state index in [0.29, 0.717) is 16.9 Å². The van der Waals surface area contributed by atoms with E-state index in [0.717, 1.165) is 6.07 Å². The van der Waals surface area contributed by atoms with Crippen molar-refractivity contribution in [2.75, 3.05) is 0 Å². The number of hydrogen-bond acceptors (Lipinski definition) is 6. The topological polar surface area (TPSA) is 110 Å². The molecule has 0 unspecified atom stereocenters. The molecule has 112 valence electrons. The van der Waals surface area contributed by atoms with Gasteiger partial charge in [0.15, 0.2) is 4.34 Å². The van der Waals surface area contributed by atoms with Gasteiger partial charge in [0, 0.05) is 12.6 Å². The molecule has 7 nitrogen and oxygen atoms in total. The first-order valence-corrected chi connectivity index (χ1v) is 8.18. The fourth-order valence-electron chi connectivity index (χ4n) is 1.51. The Kier molecular flexibility index (Phi) is 4.47. The van der Waals surface area contributed by atoms with Crippen molar-refractivity contribution in [2.45, 2.75) is 10.8 Å². The standard InChI is InChI=1S/C11H9ClN2O5S2/c12-11-9(14(16)17)5-10(20-11)21(18,19)13-6-7-2-1-3-8(15)4-7/h1-5,13,15H,6H2. The first-order chi connectivity index (χ1) is 9.79. The summed E-state index contributed by atoms with van der Waals surface area (Å²) in [6, 6.07) is 6.99. The van der Waals surface area contributed by atoms with Gasteiger partial charge in [0.1, 0.15) is 9.96 Å². The van der Waals surface area contributed by atoms with Crippen LogP contribution in [-0.2, 0) is 16.6 Å². The summed E-state index contributed by atoms with van der Waals surface area (Å²) in [5.74, 6) is 0.0153. The van der Waals surface area contributed by atoms with Crippen LogP contribution in [0.1, 0.15) is 5.56 Å². The Morgan fingerprint density at radius 3 is 2.67 bits per heavy atom. The molecule has 1 aromatic heterocycles. The van der Waals surface area contributed by atoms with Crippen LogP contribution in [-0.4, -0.2) is 18.4 Å². The van der Waals surface area contributed by atoms with E-state index in [1.165, 1.54) is 12.1 Å². The summed E-state index contributed by atoms with van der Waals surface area (Å²) < 4.78 is 25.9. The second kappa shape index (κ2) is 5.98. The maximum absolute atomic E-state index is 12.0. The summed E-state index contributed by atoms with van der Waals surface area (Å²) in [6.45, 7) is -0.0555. The molecule has 0 radical (unpaired) electrons. The Labute approximate surface area is 129 Å². The summed E-state index contributed by atoms with van der Waals surface area (Å²) in [4.78, 5) is 9.92. The number of halogens is 1. The van der Waals surface area contributed by atoms with Crippen LogP contribution in [0.5, 0.6) is 5.75 Å². The summed E-state index contributed by atoms with van der Waals surface area (Å²) in [5.41, 5.74) is 0.107. The lowest BCUT2D eigenvalue weighted by molar-refractivity contribution is -0.384. The maximum Gasteiger partial charge on any atom is 0.300 e. The van der Waals surface area contributed by atoms with Gasteiger partial charge in [-0.1, -0.05) is 23.7 Å². The Morgan fingerprint density at radius 2 is 2.10 bits per heavy atom. The van der Waals surface area contributed by atoms with E-state index in [-0.39, 0.29) is 20.8 Å². The van der Waals surface area contributed by atoms with Crippen molar-refractivity contribution in [1.82, 2.24) is 4.72 Å². The highest BCUT2D eigenvalue weighted by Crippen LogP contribution is 2.36. The number of nitrogens with zero attached hydrogens (tertiary/aromatic N) is 1. The molecule has 0 amide bonds. The highest BCUT2D eigenvalue weighted by molar-refractivity contribution is 7.91. The first-order valence-electron chi connectivity index (χ1n) is 5.51. The summed E-state index contributed by atoms with van der Waals surface area (Å²) in [6.07, 6.45) is 0. The number of benzene rings is 1. The zero-order valence-electron chi connectivity index (χ0n) is 10.3. The van der Waals surface area contributed by atoms with Crippen molar-refractivity contribution in [3.8, 4) is 5.75 Å². The smallest absolute Gasteiger partial charge is 0.300 e. The van der Waals surface area contributed by atoms with Crippen LogP contribution in [0.15, 0.2) is 34.5 Å². The van der Waals surface area contributed by atoms with Crippen LogP contribution >= 0.6 is 22.9 Å². The predicted molar refractivity (Wildman–Crippen MR) is 78.1 cm³/mol. The zero-order chi connectivity index (χ0) is 15.6. The molecule has 10 heteroatoms. The second-order valence-corrected chi connectivity index (χ2v) is 7.62. The highest BCUT2D eigenvalue weighted by atomic mass is 35.5. The van der Waals surface area contributed by atoms with E-state index < -0.39 is 20.6 Å². The molecule has 21 heavy (non-hydrogen) atoms. The van der Waals surface area contributed by atoms with Crippen LogP contribution in [0, 0.1) is 10.1 Å². The number of rotatable bonds is 5. The average molecular weight is 349 g/mol. The van der Waals surface area contributed by atoms with Crippen LogP contribution in [0.3, 0.4) is 0 Å². The van der Waals surface area contributed by atoms with E-state index in [9.17, 15) is 23.6 Å². The summed E-state index contributed by atoms with van der Waals surface area (Å²) in [5, 5.41) is 20.0. The van der Waals surface area contributed by atoms with Gasteiger partial charge in [-0.15, -0.1) is 11.3 Å². The molecule has 2 rings (SSSR count). The fraction of sp³-hybridized carbons (Fsp3) is 0.0909. The molecule has 2 aromatic rings. The molecule has 2 N–H and O–H groups in total. The number of phenols is 1. The van der Waals surface area contributed by atoms with Gasteiger partial charge in [-0.3, -0.25) is 10.1 Å². The van der Waals surface area contributed by atoms with E-state index in [1.54, 1.807) is 12.1 Å². The molecular weight excluding hydrogens is 340 g/mol. The number of phenolic OH excluding ortho intramolecular Hbond substituents is 1. The van der Waals surface area contributed by atoms with E-state index >= 15 is 0 Å². The normalized spacial score (nSPS) is 11.5. The molecule has 0 saturated carbocycles. The third-order valence-electron chi connectivity index (χ3n) is 2.48. The number of thiophene rings is 1. The highest BCUT2D eigenvalue weighted by Gasteiger charge is 2.25. The lowest BCUT2D eigenvalue weighted by Crippen LogP contribution is -2.22. The van der Waals surface area contributed by atoms with Gasteiger partial charge in [-0.05, 0) is 17.7 Å². The minimum absolute atomic E-state index is 0.0153. The molecule has 0 fully saturated rings. The lowest BCUT2D eigenvalue weighted by atomic mass is 10.2. The van der Waals surface area contributed by atoms with Crippen LogP contribution < -0.4 is 4.72 Å². The predicted octanol–water partition coefficient (Wildman–Crippen LogP) is 2.49. The van der Waals surface area contributed by atoms with E-state index in [1.807, 2.05) is 0 Å². The zero-order valence-corrected chi connectivity index (χ0v) is 12.7. The van der Waals surface area contributed by atoms with Crippen LogP contribution in [0.4, 0.5) is 5.69 Å². The lowest BCUT2D eigenvalue weighted by Gasteiger charge is -2.04. The largest absolute Gasteiger partial charge is 0.508 e. The fourth-order valence-corrected chi connectivity index (χ4v) is 4.24. The molecule has 1 aromatic carbocycles. The molecule has 0 aliphatic rings. The number of aromatic hydroxyl groups is 1. The van der Waals surface area contributed by atoms with Crippen LogP contribution in [0.2, 0.25) is 4.34 Å². The molecular formula is C11H9ClN2O5S2. The molecule has 0 saturated heterocycles.